The van der Waals surface area contributed by atoms with Crippen LogP contribution in [-0.4, -0.2) is 42.5 Å². The zero-order valence-electron chi connectivity index (χ0n) is 16.9. The van der Waals surface area contributed by atoms with Crippen molar-refractivity contribution in [3.05, 3.63) is 59.7 Å². The minimum absolute atomic E-state index is 0.0922. The highest BCUT2D eigenvalue weighted by molar-refractivity contribution is 5.80. The summed E-state index contributed by atoms with van der Waals surface area (Å²) in [6.07, 6.45) is 8.14. The number of fused-ring (bicyclic) bond motifs is 1. The van der Waals surface area contributed by atoms with Crippen molar-refractivity contribution in [2.24, 2.45) is 0 Å². The summed E-state index contributed by atoms with van der Waals surface area (Å²) in [7, 11) is 1.97. The predicted molar refractivity (Wildman–Crippen MR) is 110 cm³/mol. The number of hydrogen-bond acceptors (Lipinski definition) is 5. The summed E-state index contributed by atoms with van der Waals surface area (Å²) in [6.45, 7) is 2.64. The van der Waals surface area contributed by atoms with Gasteiger partial charge in [0.2, 0.25) is 5.91 Å². The molecule has 1 amide bonds. The van der Waals surface area contributed by atoms with Gasteiger partial charge in [0.05, 0.1) is 19.4 Å². The number of hydrogen-bond donors (Lipinski definition) is 0. The molecule has 0 N–H and O–H groups in total. The lowest BCUT2D eigenvalue weighted by Crippen LogP contribution is -2.38. The van der Waals surface area contributed by atoms with Gasteiger partial charge in [-0.3, -0.25) is 9.69 Å². The van der Waals surface area contributed by atoms with Crippen LogP contribution in [0.4, 0.5) is 0 Å². The van der Waals surface area contributed by atoms with Gasteiger partial charge in [-0.1, -0.05) is 12.1 Å². The van der Waals surface area contributed by atoms with Gasteiger partial charge in [-0.2, -0.15) is 0 Å². The van der Waals surface area contributed by atoms with E-state index < -0.39 is 0 Å². The monoisotopic (exact) mass is 396 g/mol. The molecule has 0 fully saturated rings. The third-order valence-electron chi connectivity index (χ3n) is 5.27. The maximum Gasteiger partial charge on any atom is 0.241 e. The Balaban J connectivity index is 1.41. The summed E-state index contributed by atoms with van der Waals surface area (Å²) in [6, 6.07) is 9.75. The van der Waals surface area contributed by atoms with E-state index in [1.54, 1.807) is 6.26 Å². The van der Waals surface area contributed by atoms with Crippen molar-refractivity contribution < 1.29 is 18.7 Å². The van der Waals surface area contributed by atoms with Crippen LogP contribution in [0, 0.1) is 0 Å². The van der Waals surface area contributed by atoms with E-state index in [-0.39, 0.29) is 5.91 Å². The Bertz CT molecular complexity index is 860. The van der Waals surface area contributed by atoms with Crippen LogP contribution in [0.2, 0.25) is 0 Å². The number of ether oxygens (including phenoxy) is 2. The summed E-state index contributed by atoms with van der Waals surface area (Å²) < 4.78 is 16.7. The number of rotatable bonds is 7. The van der Waals surface area contributed by atoms with E-state index in [1.165, 1.54) is 6.42 Å². The number of likely N-dealkylation sites (N-methyl/N-ethyl adjacent to an activating group) is 1. The average molecular weight is 396 g/mol. The summed E-state index contributed by atoms with van der Waals surface area (Å²) in [5, 5.41) is 0. The van der Waals surface area contributed by atoms with Crippen molar-refractivity contribution in [3.8, 4) is 11.5 Å². The first-order chi connectivity index (χ1) is 14.2. The largest absolute Gasteiger partial charge is 0.486 e. The van der Waals surface area contributed by atoms with E-state index >= 15 is 0 Å². The highest BCUT2D eigenvalue weighted by Gasteiger charge is 2.22. The number of benzene rings is 1. The van der Waals surface area contributed by atoms with Gasteiger partial charge in [0, 0.05) is 12.2 Å². The standard InChI is InChI=1S/C23H28N2O4/c1-24(15-18-9-10-21-22(14-18)29-13-12-28-21)17-23(26)25(16-20-8-5-11-27-20)19-6-3-2-4-7-19/h5-6,8-11,14H,2-4,7,12-13,15-17H2,1H3. The van der Waals surface area contributed by atoms with Crippen molar-refractivity contribution in [1.82, 2.24) is 9.80 Å². The molecule has 0 atom stereocenters. The Kier molecular flexibility index (Phi) is 6.20. The SMILES string of the molecule is CN(CC(=O)N(Cc1ccco1)C1=CCCCC1)Cc1ccc2c(c1)OCCO2. The lowest BCUT2D eigenvalue weighted by atomic mass is 10.0. The lowest BCUT2D eigenvalue weighted by Gasteiger charge is -2.29. The Morgan fingerprint density at radius 3 is 2.69 bits per heavy atom. The number of furan rings is 1. The van der Waals surface area contributed by atoms with Crippen molar-refractivity contribution >= 4 is 5.91 Å². The van der Waals surface area contributed by atoms with E-state index in [9.17, 15) is 4.79 Å². The van der Waals surface area contributed by atoms with Crippen LogP contribution < -0.4 is 9.47 Å². The third kappa shape index (κ3) is 5.01. The van der Waals surface area contributed by atoms with Crippen LogP contribution in [0.25, 0.3) is 0 Å². The molecule has 0 unspecified atom stereocenters. The Hall–Kier alpha value is -2.73. The zero-order chi connectivity index (χ0) is 20.1. The fourth-order valence-electron chi connectivity index (χ4n) is 3.84. The maximum atomic E-state index is 13.2. The minimum Gasteiger partial charge on any atom is -0.486 e. The molecule has 154 valence electrons. The molecule has 0 bridgehead atoms. The topological polar surface area (TPSA) is 55.2 Å². The van der Waals surface area contributed by atoms with Crippen molar-refractivity contribution in [1.29, 1.82) is 0 Å². The molecule has 29 heavy (non-hydrogen) atoms. The first-order valence-electron chi connectivity index (χ1n) is 10.3. The van der Waals surface area contributed by atoms with Gasteiger partial charge in [-0.15, -0.1) is 0 Å². The molecule has 0 spiro atoms. The molecule has 1 aromatic carbocycles. The van der Waals surface area contributed by atoms with Gasteiger partial charge in [-0.25, -0.2) is 0 Å². The second-order valence-electron chi connectivity index (χ2n) is 7.65. The molecule has 2 heterocycles. The van der Waals surface area contributed by atoms with E-state index in [4.69, 9.17) is 13.9 Å². The second kappa shape index (κ2) is 9.18. The number of allylic oxidation sites excluding steroid dienone is 2. The summed E-state index contributed by atoms with van der Waals surface area (Å²) in [5.41, 5.74) is 2.21. The van der Waals surface area contributed by atoms with E-state index in [0.29, 0.717) is 32.8 Å². The fraction of sp³-hybridized carbons (Fsp3) is 0.435. The molecule has 2 aromatic rings. The number of carbonyl (C=O) groups is 1. The van der Waals surface area contributed by atoms with Crippen LogP contribution in [-0.2, 0) is 17.9 Å². The van der Waals surface area contributed by atoms with Crippen LogP contribution >= 0.6 is 0 Å². The molecule has 1 aliphatic heterocycles. The van der Waals surface area contributed by atoms with Gasteiger partial charge in [-0.05, 0) is 62.6 Å². The quantitative estimate of drug-likeness (QED) is 0.709. The number of nitrogens with zero attached hydrogens (tertiary/aromatic N) is 2. The smallest absolute Gasteiger partial charge is 0.241 e. The van der Waals surface area contributed by atoms with Crippen LogP contribution in [0.1, 0.15) is 37.0 Å². The first-order valence-corrected chi connectivity index (χ1v) is 10.3. The molecule has 0 saturated carbocycles. The van der Waals surface area contributed by atoms with Gasteiger partial charge in [0.1, 0.15) is 19.0 Å². The van der Waals surface area contributed by atoms with Gasteiger partial charge in [0.25, 0.3) is 0 Å². The van der Waals surface area contributed by atoms with E-state index in [0.717, 1.165) is 47.8 Å². The molecule has 1 aromatic heterocycles. The van der Waals surface area contributed by atoms with Gasteiger partial charge < -0.3 is 18.8 Å². The highest BCUT2D eigenvalue weighted by Crippen LogP contribution is 2.31. The summed E-state index contributed by atoms with van der Waals surface area (Å²) >= 11 is 0. The van der Waals surface area contributed by atoms with Crippen molar-refractivity contribution in [2.45, 2.75) is 38.8 Å². The van der Waals surface area contributed by atoms with Gasteiger partial charge >= 0.3 is 0 Å². The molecule has 2 aliphatic rings. The second-order valence-corrected chi connectivity index (χ2v) is 7.65. The van der Waals surface area contributed by atoms with Crippen molar-refractivity contribution in [3.63, 3.8) is 0 Å². The molecule has 6 heteroatoms. The molecule has 1 aliphatic carbocycles. The molecule has 6 nitrogen and oxygen atoms in total. The van der Waals surface area contributed by atoms with E-state index in [2.05, 4.69) is 6.08 Å². The van der Waals surface area contributed by atoms with Crippen LogP contribution in [0.15, 0.2) is 52.8 Å². The fourth-order valence-corrected chi connectivity index (χ4v) is 3.84. The van der Waals surface area contributed by atoms with E-state index in [1.807, 2.05) is 47.2 Å². The normalized spacial score (nSPS) is 15.9. The number of amides is 1. The Morgan fingerprint density at radius 1 is 1.07 bits per heavy atom. The highest BCUT2D eigenvalue weighted by atomic mass is 16.6. The Morgan fingerprint density at radius 2 is 1.93 bits per heavy atom. The molecular formula is C23H28N2O4. The predicted octanol–water partition coefficient (Wildman–Crippen LogP) is 3.97. The summed E-state index contributed by atoms with van der Waals surface area (Å²) in [4.78, 5) is 17.1. The first kappa shape index (κ1) is 19.6. The molecule has 4 rings (SSSR count). The molecule has 0 saturated heterocycles. The molecule has 0 radical (unpaired) electrons. The Labute approximate surface area is 171 Å². The third-order valence-corrected chi connectivity index (χ3v) is 5.27. The lowest BCUT2D eigenvalue weighted by molar-refractivity contribution is -0.131. The number of carbonyl (C=O) groups excluding carboxylic acids is 1. The molecular weight excluding hydrogens is 368 g/mol. The van der Waals surface area contributed by atoms with Crippen LogP contribution in [0.3, 0.4) is 0 Å². The van der Waals surface area contributed by atoms with Gasteiger partial charge in [0.15, 0.2) is 11.5 Å². The maximum absolute atomic E-state index is 13.2. The van der Waals surface area contributed by atoms with Crippen molar-refractivity contribution in [2.75, 3.05) is 26.8 Å². The zero-order valence-corrected chi connectivity index (χ0v) is 16.9. The van der Waals surface area contributed by atoms with Crippen LogP contribution in [0.5, 0.6) is 11.5 Å². The average Bonchev–Trinajstić information content (AvgIpc) is 3.26. The summed E-state index contributed by atoms with van der Waals surface area (Å²) in [5.74, 6) is 2.46. The minimum atomic E-state index is 0.0922.